The summed E-state index contributed by atoms with van der Waals surface area (Å²) in [6.07, 6.45) is 4.86. The van der Waals surface area contributed by atoms with Crippen molar-refractivity contribution in [3.8, 4) is 6.07 Å². The molecule has 0 bridgehead atoms. The van der Waals surface area contributed by atoms with Crippen molar-refractivity contribution >= 4 is 5.91 Å². The van der Waals surface area contributed by atoms with Crippen molar-refractivity contribution in [2.24, 2.45) is 0 Å². The van der Waals surface area contributed by atoms with Crippen molar-refractivity contribution in [1.29, 1.82) is 5.26 Å². The zero-order chi connectivity index (χ0) is 13.2. The molecule has 5 heteroatoms. The van der Waals surface area contributed by atoms with Gasteiger partial charge < -0.3 is 5.32 Å². The first kappa shape index (κ1) is 12.1. The minimum atomic E-state index is -0.136. The second kappa shape index (κ2) is 4.98. The van der Waals surface area contributed by atoms with Gasteiger partial charge in [-0.1, -0.05) is 0 Å². The topological polar surface area (TPSA) is 69.0 Å². The van der Waals surface area contributed by atoms with Crippen LogP contribution in [0.4, 0.5) is 0 Å². The Balaban J connectivity index is 1.66. The van der Waals surface area contributed by atoms with E-state index in [1.807, 2.05) is 6.07 Å². The summed E-state index contributed by atoms with van der Waals surface area (Å²) in [5.74, 6) is -0.136. The molecule has 1 aromatic heterocycles. The summed E-state index contributed by atoms with van der Waals surface area (Å²) >= 11 is 0. The summed E-state index contributed by atoms with van der Waals surface area (Å²) in [4.78, 5) is 18.6. The highest BCUT2D eigenvalue weighted by Crippen LogP contribution is 2.27. The molecule has 5 nitrogen and oxygen atoms in total. The number of nitrogens with zero attached hydrogens (tertiary/aromatic N) is 3. The summed E-state index contributed by atoms with van der Waals surface area (Å²) in [5.41, 5.74) is 0.856. The smallest absolute Gasteiger partial charge is 0.270 e. The summed E-state index contributed by atoms with van der Waals surface area (Å²) < 4.78 is 0. The molecule has 98 valence electrons. The minimum absolute atomic E-state index is 0.136. The fourth-order valence-electron chi connectivity index (χ4n) is 3.09. The van der Waals surface area contributed by atoms with Crippen molar-refractivity contribution < 1.29 is 4.79 Å². The molecule has 3 heterocycles. The Bertz CT molecular complexity index is 519. The molecule has 1 N–H and O–H groups in total. The number of nitrogens with one attached hydrogen (secondary N) is 1. The predicted octanol–water partition coefficient (Wildman–Crippen LogP) is 0.920. The largest absolute Gasteiger partial charge is 0.346 e. The standard InChI is InChI=1S/C14H16N4O/c15-8-10-3-4-12(16-9-10)14(19)17-11-5-7-18-6-1-2-13(11)18/h3-4,9,11,13H,1-2,5-7H2,(H,17,19). The Kier molecular flexibility index (Phi) is 3.18. The van der Waals surface area contributed by atoms with E-state index in [1.54, 1.807) is 12.1 Å². The molecule has 1 amide bonds. The van der Waals surface area contributed by atoms with Gasteiger partial charge in [0.05, 0.1) is 5.56 Å². The lowest BCUT2D eigenvalue weighted by molar-refractivity contribution is 0.0924. The number of carbonyl (C=O) groups excluding carboxylic acids is 1. The molecule has 2 aliphatic rings. The molecule has 2 atom stereocenters. The van der Waals surface area contributed by atoms with E-state index in [1.165, 1.54) is 19.0 Å². The number of hydrogen-bond acceptors (Lipinski definition) is 4. The zero-order valence-electron chi connectivity index (χ0n) is 10.7. The molecule has 0 aliphatic carbocycles. The Morgan fingerprint density at radius 2 is 2.32 bits per heavy atom. The maximum absolute atomic E-state index is 12.1. The van der Waals surface area contributed by atoms with Gasteiger partial charge in [0.1, 0.15) is 11.8 Å². The van der Waals surface area contributed by atoms with Gasteiger partial charge in [0, 0.05) is 24.8 Å². The summed E-state index contributed by atoms with van der Waals surface area (Å²) in [7, 11) is 0. The molecule has 3 rings (SSSR count). The number of aromatic nitrogens is 1. The number of hydrogen-bond donors (Lipinski definition) is 1. The molecular formula is C14H16N4O. The van der Waals surface area contributed by atoms with Crippen molar-refractivity contribution in [2.75, 3.05) is 13.1 Å². The lowest BCUT2D eigenvalue weighted by atomic mass is 10.1. The van der Waals surface area contributed by atoms with Crippen LogP contribution < -0.4 is 5.32 Å². The highest BCUT2D eigenvalue weighted by Gasteiger charge is 2.37. The molecule has 0 saturated carbocycles. The summed E-state index contributed by atoms with van der Waals surface area (Å²) in [6.45, 7) is 2.24. The first-order valence-corrected chi connectivity index (χ1v) is 6.69. The van der Waals surface area contributed by atoms with Crippen LogP contribution in [0.3, 0.4) is 0 Å². The van der Waals surface area contributed by atoms with Crippen LogP contribution in [-0.4, -0.2) is 41.0 Å². The van der Waals surface area contributed by atoms with Gasteiger partial charge in [0.15, 0.2) is 0 Å². The first-order chi connectivity index (χ1) is 9.28. The third kappa shape index (κ3) is 2.32. The Morgan fingerprint density at radius 1 is 1.42 bits per heavy atom. The van der Waals surface area contributed by atoms with Gasteiger partial charge >= 0.3 is 0 Å². The molecule has 0 spiro atoms. The molecule has 2 aliphatic heterocycles. The molecule has 1 aromatic rings. The van der Waals surface area contributed by atoms with Crippen molar-refractivity contribution in [1.82, 2.24) is 15.2 Å². The van der Waals surface area contributed by atoms with Gasteiger partial charge in [-0.3, -0.25) is 9.69 Å². The van der Waals surface area contributed by atoms with Gasteiger partial charge in [-0.2, -0.15) is 5.26 Å². The van der Waals surface area contributed by atoms with Crippen molar-refractivity contribution in [3.05, 3.63) is 29.6 Å². The van der Waals surface area contributed by atoms with E-state index < -0.39 is 0 Å². The van der Waals surface area contributed by atoms with Crippen LogP contribution in [0, 0.1) is 11.3 Å². The number of rotatable bonds is 2. The minimum Gasteiger partial charge on any atom is -0.346 e. The van der Waals surface area contributed by atoms with Crippen LogP contribution in [0.5, 0.6) is 0 Å². The van der Waals surface area contributed by atoms with E-state index in [2.05, 4.69) is 15.2 Å². The second-order valence-electron chi connectivity index (χ2n) is 5.16. The molecule has 2 fully saturated rings. The van der Waals surface area contributed by atoms with Gasteiger partial charge in [0.25, 0.3) is 5.91 Å². The Hall–Kier alpha value is -1.93. The summed E-state index contributed by atoms with van der Waals surface area (Å²) in [5, 5.41) is 11.8. The normalized spacial score (nSPS) is 25.8. The van der Waals surface area contributed by atoms with E-state index in [9.17, 15) is 4.79 Å². The molecule has 2 unspecified atom stereocenters. The molecule has 0 radical (unpaired) electrons. The quantitative estimate of drug-likeness (QED) is 0.854. The number of nitriles is 1. The van der Waals surface area contributed by atoms with Crippen LogP contribution in [-0.2, 0) is 0 Å². The maximum atomic E-state index is 12.1. The van der Waals surface area contributed by atoms with Crippen LogP contribution in [0.25, 0.3) is 0 Å². The SMILES string of the molecule is N#Cc1ccc(C(=O)NC2CCN3CCCC23)nc1. The average molecular weight is 256 g/mol. The van der Waals surface area contributed by atoms with E-state index in [-0.39, 0.29) is 11.9 Å². The number of amides is 1. The highest BCUT2D eigenvalue weighted by atomic mass is 16.2. The van der Waals surface area contributed by atoms with Crippen LogP contribution in [0.2, 0.25) is 0 Å². The average Bonchev–Trinajstić information content (AvgIpc) is 3.04. The molecule has 0 aromatic carbocycles. The van der Waals surface area contributed by atoms with Gasteiger partial charge in [0.2, 0.25) is 0 Å². The number of carbonyl (C=O) groups is 1. The van der Waals surface area contributed by atoms with E-state index in [0.29, 0.717) is 17.3 Å². The lowest BCUT2D eigenvalue weighted by Crippen LogP contribution is -2.42. The van der Waals surface area contributed by atoms with Crippen LogP contribution in [0.15, 0.2) is 18.3 Å². The fraction of sp³-hybridized carbons (Fsp3) is 0.500. The Morgan fingerprint density at radius 3 is 3.05 bits per heavy atom. The molecular weight excluding hydrogens is 240 g/mol. The molecule has 19 heavy (non-hydrogen) atoms. The lowest BCUT2D eigenvalue weighted by Gasteiger charge is -2.21. The number of fused-ring (bicyclic) bond motifs is 1. The third-order valence-electron chi connectivity index (χ3n) is 4.05. The highest BCUT2D eigenvalue weighted by molar-refractivity contribution is 5.92. The fourth-order valence-corrected chi connectivity index (χ4v) is 3.09. The third-order valence-corrected chi connectivity index (χ3v) is 4.05. The van der Waals surface area contributed by atoms with E-state index >= 15 is 0 Å². The maximum Gasteiger partial charge on any atom is 0.270 e. The predicted molar refractivity (Wildman–Crippen MR) is 69.4 cm³/mol. The molecule has 2 saturated heterocycles. The van der Waals surface area contributed by atoms with E-state index in [4.69, 9.17) is 5.26 Å². The first-order valence-electron chi connectivity index (χ1n) is 6.69. The second-order valence-corrected chi connectivity index (χ2v) is 5.16. The van der Waals surface area contributed by atoms with Gasteiger partial charge in [-0.15, -0.1) is 0 Å². The van der Waals surface area contributed by atoms with Gasteiger partial charge in [-0.05, 0) is 37.9 Å². The zero-order valence-corrected chi connectivity index (χ0v) is 10.7. The number of pyridine rings is 1. The van der Waals surface area contributed by atoms with Crippen molar-refractivity contribution in [2.45, 2.75) is 31.3 Å². The monoisotopic (exact) mass is 256 g/mol. The van der Waals surface area contributed by atoms with Crippen LogP contribution >= 0.6 is 0 Å². The van der Waals surface area contributed by atoms with Gasteiger partial charge in [-0.25, -0.2) is 4.98 Å². The van der Waals surface area contributed by atoms with Crippen LogP contribution in [0.1, 0.15) is 35.3 Å². The Labute approximate surface area is 112 Å². The summed E-state index contributed by atoms with van der Waals surface area (Å²) in [6, 6.07) is 5.97. The van der Waals surface area contributed by atoms with Crippen molar-refractivity contribution in [3.63, 3.8) is 0 Å². The van der Waals surface area contributed by atoms with E-state index in [0.717, 1.165) is 19.5 Å².